The summed E-state index contributed by atoms with van der Waals surface area (Å²) >= 11 is 3.30. The molecule has 106 valence electrons. The molecule has 21 heavy (non-hydrogen) atoms. The van der Waals surface area contributed by atoms with Crippen molar-refractivity contribution in [3.8, 4) is 0 Å². The van der Waals surface area contributed by atoms with Crippen molar-refractivity contribution in [2.75, 3.05) is 11.4 Å². The van der Waals surface area contributed by atoms with Crippen LogP contribution in [0, 0.1) is 10.1 Å². The number of benzene rings is 2. The fraction of sp³-hybridized carbons (Fsp3) is 0.133. The summed E-state index contributed by atoms with van der Waals surface area (Å²) in [7, 11) is 0. The summed E-state index contributed by atoms with van der Waals surface area (Å²) in [4.78, 5) is 24.7. The number of non-ortho nitro benzene ring substituents is 1. The highest BCUT2D eigenvalue weighted by Crippen LogP contribution is 2.31. The van der Waals surface area contributed by atoms with Crippen LogP contribution >= 0.6 is 15.9 Å². The van der Waals surface area contributed by atoms with E-state index in [1.807, 2.05) is 24.3 Å². The van der Waals surface area contributed by atoms with Crippen LogP contribution in [0.15, 0.2) is 46.9 Å². The van der Waals surface area contributed by atoms with E-state index in [1.54, 1.807) is 4.90 Å². The lowest BCUT2D eigenvalue weighted by Crippen LogP contribution is -2.29. The molecule has 0 aliphatic carbocycles. The van der Waals surface area contributed by atoms with E-state index < -0.39 is 4.92 Å². The molecule has 2 aromatic rings. The normalized spacial score (nSPS) is 13.1. The molecule has 0 fully saturated rings. The zero-order chi connectivity index (χ0) is 15.0. The molecule has 0 radical (unpaired) electrons. The molecule has 0 aromatic heterocycles. The Labute approximate surface area is 129 Å². The Balaban J connectivity index is 2.00. The molecule has 6 heteroatoms. The van der Waals surface area contributed by atoms with Crippen LogP contribution in [0.3, 0.4) is 0 Å². The lowest BCUT2D eigenvalue weighted by Gasteiger charge is -2.18. The Morgan fingerprint density at radius 1 is 1.24 bits per heavy atom. The van der Waals surface area contributed by atoms with Crippen LogP contribution < -0.4 is 4.90 Å². The van der Waals surface area contributed by atoms with Crippen LogP contribution in [0.4, 0.5) is 11.4 Å². The van der Waals surface area contributed by atoms with Gasteiger partial charge in [0.1, 0.15) is 0 Å². The second kappa shape index (κ2) is 5.29. The van der Waals surface area contributed by atoms with Gasteiger partial charge in [-0.15, -0.1) is 0 Å². The van der Waals surface area contributed by atoms with Gasteiger partial charge in [0.2, 0.25) is 0 Å². The SMILES string of the molecule is O=C(c1cc([N+](=O)[O-])ccc1Br)N1CCc2ccccc21. The smallest absolute Gasteiger partial charge is 0.270 e. The summed E-state index contributed by atoms with van der Waals surface area (Å²) in [5.74, 6) is -0.226. The summed E-state index contributed by atoms with van der Waals surface area (Å²) in [5, 5.41) is 10.9. The van der Waals surface area contributed by atoms with Gasteiger partial charge >= 0.3 is 0 Å². The zero-order valence-electron chi connectivity index (χ0n) is 11.0. The van der Waals surface area contributed by atoms with Crippen LogP contribution in [0.1, 0.15) is 15.9 Å². The quantitative estimate of drug-likeness (QED) is 0.616. The van der Waals surface area contributed by atoms with Gasteiger partial charge in [-0.25, -0.2) is 0 Å². The van der Waals surface area contributed by atoms with E-state index in [0.717, 1.165) is 17.7 Å². The first-order chi connectivity index (χ1) is 10.1. The number of halogens is 1. The van der Waals surface area contributed by atoms with Crippen LogP contribution in [0.25, 0.3) is 0 Å². The maximum Gasteiger partial charge on any atom is 0.270 e. The Hall–Kier alpha value is -2.21. The van der Waals surface area contributed by atoms with Crippen molar-refractivity contribution < 1.29 is 9.72 Å². The van der Waals surface area contributed by atoms with Crippen LogP contribution in [0.5, 0.6) is 0 Å². The minimum absolute atomic E-state index is 0.0889. The van der Waals surface area contributed by atoms with Gasteiger partial charge in [-0.05, 0) is 40.0 Å². The van der Waals surface area contributed by atoms with Crippen molar-refractivity contribution in [1.29, 1.82) is 0 Å². The maximum absolute atomic E-state index is 12.7. The topological polar surface area (TPSA) is 63.4 Å². The zero-order valence-corrected chi connectivity index (χ0v) is 12.5. The summed E-state index contributed by atoms with van der Waals surface area (Å²) in [6.45, 7) is 0.591. The molecule has 2 aromatic carbocycles. The number of nitrogens with zero attached hydrogens (tertiary/aromatic N) is 2. The van der Waals surface area contributed by atoms with Gasteiger partial charge in [0.05, 0.1) is 10.5 Å². The second-order valence-electron chi connectivity index (χ2n) is 4.76. The molecule has 1 aliphatic rings. The van der Waals surface area contributed by atoms with Crippen molar-refractivity contribution in [3.63, 3.8) is 0 Å². The van der Waals surface area contributed by atoms with Gasteiger partial charge in [-0.2, -0.15) is 0 Å². The lowest BCUT2D eigenvalue weighted by atomic mass is 10.1. The van der Waals surface area contributed by atoms with Crippen molar-refractivity contribution in [3.05, 3.63) is 68.2 Å². The molecule has 0 atom stereocenters. The Kier molecular flexibility index (Phi) is 3.47. The van der Waals surface area contributed by atoms with Crippen LogP contribution in [0.2, 0.25) is 0 Å². The monoisotopic (exact) mass is 346 g/mol. The number of amides is 1. The van der Waals surface area contributed by atoms with E-state index in [-0.39, 0.29) is 11.6 Å². The van der Waals surface area contributed by atoms with E-state index in [9.17, 15) is 14.9 Å². The van der Waals surface area contributed by atoms with E-state index in [4.69, 9.17) is 0 Å². The molecule has 0 saturated carbocycles. The molecule has 0 unspecified atom stereocenters. The standard InChI is InChI=1S/C15H11BrN2O3/c16-13-6-5-11(18(20)21)9-12(13)15(19)17-8-7-10-3-1-2-4-14(10)17/h1-6,9H,7-8H2. The number of nitro groups is 1. The van der Waals surface area contributed by atoms with Gasteiger partial charge < -0.3 is 4.90 Å². The molecule has 0 saturated heterocycles. The number of hydrogen-bond acceptors (Lipinski definition) is 3. The lowest BCUT2D eigenvalue weighted by molar-refractivity contribution is -0.384. The molecule has 1 amide bonds. The van der Waals surface area contributed by atoms with E-state index in [2.05, 4.69) is 15.9 Å². The highest BCUT2D eigenvalue weighted by molar-refractivity contribution is 9.10. The van der Waals surface area contributed by atoms with Gasteiger partial charge in [-0.3, -0.25) is 14.9 Å². The average Bonchev–Trinajstić information content (AvgIpc) is 2.90. The number of carbonyl (C=O) groups is 1. The Morgan fingerprint density at radius 2 is 2.00 bits per heavy atom. The molecule has 0 N–H and O–H groups in total. The van der Waals surface area contributed by atoms with E-state index >= 15 is 0 Å². The summed E-state index contributed by atoms with van der Waals surface area (Å²) in [6.07, 6.45) is 0.800. The van der Waals surface area contributed by atoms with Crippen molar-refractivity contribution in [1.82, 2.24) is 0 Å². The molecular formula is C15H11BrN2O3. The van der Waals surface area contributed by atoms with E-state index in [1.165, 1.54) is 18.2 Å². The second-order valence-corrected chi connectivity index (χ2v) is 5.61. The minimum Gasteiger partial charge on any atom is -0.308 e. The fourth-order valence-electron chi connectivity index (χ4n) is 2.49. The molecular weight excluding hydrogens is 336 g/mol. The van der Waals surface area contributed by atoms with Gasteiger partial charge in [0, 0.05) is 28.8 Å². The average molecular weight is 347 g/mol. The number of hydrogen-bond donors (Lipinski definition) is 0. The molecule has 1 aliphatic heterocycles. The third kappa shape index (κ3) is 2.42. The van der Waals surface area contributed by atoms with E-state index in [0.29, 0.717) is 16.6 Å². The Bertz CT molecular complexity index is 745. The van der Waals surface area contributed by atoms with Crippen molar-refractivity contribution >= 4 is 33.2 Å². The molecule has 5 nitrogen and oxygen atoms in total. The summed E-state index contributed by atoms with van der Waals surface area (Å²) in [5.41, 5.74) is 2.21. The molecule has 0 spiro atoms. The minimum atomic E-state index is -0.499. The first-order valence-corrected chi connectivity index (χ1v) is 7.21. The number of para-hydroxylation sites is 1. The third-order valence-electron chi connectivity index (χ3n) is 3.52. The van der Waals surface area contributed by atoms with Gasteiger partial charge in [0.25, 0.3) is 11.6 Å². The number of carbonyl (C=O) groups excluding carboxylic acids is 1. The summed E-state index contributed by atoms with van der Waals surface area (Å²) < 4.78 is 0.558. The number of anilines is 1. The third-order valence-corrected chi connectivity index (χ3v) is 4.21. The maximum atomic E-state index is 12.7. The predicted molar refractivity (Wildman–Crippen MR) is 82.6 cm³/mol. The summed E-state index contributed by atoms with van der Waals surface area (Å²) in [6, 6.07) is 11.9. The van der Waals surface area contributed by atoms with Crippen LogP contribution in [-0.2, 0) is 6.42 Å². The first kappa shape index (κ1) is 13.8. The number of fused-ring (bicyclic) bond motifs is 1. The van der Waals surface area contributed by atoms with Crippen molar-refractivity contribution in [2.24, 2.45) is 0 Å². The largest absolute Gasteiger partial charge is 0.308 e. The van der Waals surface area contributed by atoms with Gasteiger partial charge in [-0.1, -0.05) is 18.2 Å². The number of rotatable bonds is 2. The predicted octanol–water partition coefficient (Wildman–Crippen LogP) is 3.56. The molecule has 1 heterocycles. The highest BCUT2D eigenvalue weighted by atomic mass is 79.9. The molecule has 3 rings (SSSR count). The van der Waals surface area contributed by atoms with Crippen molar-refractivity contribution in [2.45, 2.75) is 6.42 Å². The van der Waals surface area contributed by atoms with Gasteiger partial charge in [0.15, 0.2) is 0 Å². The fourth-order valence-corrected chi connectivity index (χ4v) is 2.90. The highest BCUT2D eigenvalue weighted by Gasteiger charge is 2.27. The molecule has 0 bridgehead atoms. The Morgan fingerprint density at radius 3 is 2.76 bits per heavy atom. The first-order valence-electron chi connectivity index (χ1n) is 6.41. The van der Waals surface area contributed by atoms with Crippen LogP contribution in [-0.4, -0.2) is 17.4 Å². The number of nitro benzene ring substituents is 1.